The number of hydrogen-bond donors (Lipinski definition) is 4. The maximum absolute atomic E-state index is 12.3. The molecule has 192 valence electrons. The highest BCUT2D eigenvalue weighted by atomic mass is 19.4. The van der Waals surface area contributed by atoms with Gasteiger partial charge in [-0.15, -0.1) is 0 Å². The van der Waals surface area contributed by atoms with Crippen LogP contribution in [0.2, 0.25) is 0 Å². The number of para-hydroxylation sites is 1. The quantitative estimate of drug-likeness (QED) is 0.179. The van der Waals surface area contributed by atoms with Crippen molar-refractivity contribution in [2.45, 2.75) is 19.1 Å². The van der Waals surface area contributed by atoms with E-state index in [0.29, 0.717) is 26.1 Å². The average molecular weight is 505 g/mol. The number of alkyl carbamates (subject to hydrolysis) is 1. The van der Waals surface area contributed by atoms with Gasteiger partial charge >= 0.3 is 12.3 Å². The fourth-order valence-corrected chi connectivity index (χ4v) is 3.58. The van der Waals surface area contributed by atoms with Crippen molar-refractivity contribution in [1.82, 2.24) is 20.7 Å². The summed E-state index contributed by atoms with van der Waals surface area (Å²) >= 11 is 0. The average Bonchev–Trinajstić information content (AvgIpc) is 3.28. The van der Waals surface area contributed by atoms with Gasteiger partial charge in [0.25, 0.3) is 5.91 Å². The minimum absolute atomic E-state index is 0.0747. The minimum atomic E-state index is -4.51. The van der Waals surface area contributed by atoms with Gasteiger partial charge < -0.3 is 15.0 Å². The molecular weight excluding hydrogens is 477 g/mol. The molecule has 3 rings (SSSR count). The van der Waals surface area contributed by atoms with E-state index < -0.39 is 24.7 Å². The first-order valence-electron chi connectivity index (χ1n) is 11.2. The van der Waals surface area contributed by atoms with Crippen LogP contribution in [-0.2, 0) is 22.5 Å². The second kappa shape index (κ2) is 12.8. The van der Waals surface area contributed by atoms with Gasteiger partial charge in [0.05, 0.1) is 0 Å². The van der Waals surface area contributed by atoms with Gasteiger partial charge in [-0.05, 0) is 35.3 Å². The van der Waals surface area contributed by atoms with Crippen LogP contribution in [0.3, 0.4) is 0 Å². The number of aromatic nitrogens is 1. The van der Waals surface area contributed by atoms with E-state index in [1.54, 1.807) is 11.4 Å². The van der Waals surface area contributed by atoms with Crippen molar-refractivity contribution in [2.24, 2.45) is 0 Å². The molecule has 0 fully saturated rings. The molecule has 0 saturated heterocycles. The third-order valence-electron chi connectivity index (χ3n) is 5.37. The first-order chi connectivity index (χ1) is 17.2. The summed E-state index contributed by atoms with van der Waals surface area (Å²) < 4.78 is 41.8. The Bertz CT molecular complexity index is 1180. The molecule has 0 aliphatic heterocycles. The van der Waals surface area contributed by atoms with Crippen molar-refractivity contribution in [3.05, 3.63) is 77.5 Å². The number of carbonyl (C=O) groups excluding carboxylic acids is 2. The van der Waals surface area contributed by atoms with Gasteiger partial charge in [0.2, 0.25) is 0 Å². The fraction of sp³-hybridized carbons (Fsp3) is 0.280. The minimum Gasteiger partial charge on any atom is -0.448 e. The zero-order valence-electron chi connectivity index (χ0n) is 19.3. The number of nitrogens with one attached hydrogen (secondary N) is 3. The summed E-state index contributed by atoms with van der Waals surface area (Å²) in [6, 6.07) is 15.3. The van der Waals surface area contributed by atoms with Crippen molar-refractivity contribution in [2.75, 3.05) is 26.2 Å². The molecule has 0 unspecified atom stereocenters. The lowest BCUT2D eigenvalue weighted by atomic mass is 10.1. The maximum Gasteiger partial charge on any atom is 0.407 e. The number of hydrogen-bond acceptors (Lipinski definition) is 5. The fourth-order valence-electron chi connectivity index (χ4n) is 3.58. The number of benzene rings is 2. The molecule has 0 aliphatic carbocycles. The topological polar surface area (TPSA) is 107 Å². The van der Waals surface area contributed by atoms with Gasteiger partial charge in [-0.2, -0.15) is 13.2 Å². The second-order valence-corrected chi connectivity index (χ2v) is 8.04. The van der Waals surface area contributed by atoms with Gasteiger partial charge in [0.1, 0.15) is 13.2 Å². The number of rotatable bonds is 11. The number of nitrogens with zero attached hydrogens (tertiary/aromatic N) is 1. The van der Waals surface area contributed by atoms with Crippen LogP contribution in [-0.4, -0.2) is 59.5 Å². The van der Waals surface area contributed by atoms with Gasteiger partial charge in [-0.25, -0.2) is 10.3 Å². The molecule has 0 atom stereocenters. The monoisotopic (exact) mass is 504 g/mol. The predicted octanol–water partition coefficient (Wildman–Crippen LogP) is 4.02. The third kappa shape index (κ3) is 8.75. The lowest BCUT2D eigenvalue weighted by molar-refractivity contribution is -0.124. The molecule has 4 N–H and O–H groups in total. The number of alkyl halides is 3. The molecule has 0 saturated carbocycles. The number of ether oxygens (including phenoxy) is 1. The smallest absolute Gasteiger partial charge is 0.407 e. The number of amides is 2. The Balaban J connectivity index is 1.61. The molecule has 1 heterocycles. The molecule has 11 heteroatoms. The Morgan fingerprint density at radius 3 is 2.56 bits per heavy atom. The van der Waals surface area contributed by atoms with Crippen LogP contribution in [0.25, 0.3) is 17.0 Å². The Labute approximate surface area is 205 Å². The summed E-state index contributed by atoms with van der Waals surface area (Å²) in [6.07, 6.45) is -0.212. The number of halogens is 3. The summed E-state index contributed by atoms with van der Waals surface area (Å²) in [5.74, 6) is -0.637. The Morgan fingerprint density at radius 2 is 1.83 bits per heavy atom. The van der Waals surface area contributed by atoms with E-state index in [2.05, 4.69) is 4.98 Å². The van der Waals surface area contributed by atoms with Crippen molar-refractivity contribution >= 4 is 29.0 Å². The molecule has 0 radical (unpaired) electrons. The number of fused-ring (bicyclic) bond motifs is 1. The molecule has 0 aliphatic rings. The molecule has 8 nitrogen and oxygen atoms in total. The van der Waals surface area contributed by atoms with E-state index in [4.69, 9.17) is 9.94 Å². The highest BCUT2D eigenvalue weighted by molar-refractivity contribution is 5.90. The zero-order valence-corrected chi connectivity index (χ0v) is 19.3. The highest BCUT2D eigenvalue weighted by Crippen LogP contribution is 2.19. The van der Waals surface area contributed by atoms with Crippen molar-refractivity contribution in [3.63, 3.8) is 0 Å². The number of aromatic amines is 1. The molecule has 36 heavy (non-hydrogen) atoms. The summed E-state index contributed by atoms with van der Waals surface area (Å²) in [7, 11) is 0. The van der Waals surface area contributed by atoms with Crippen molar-refractivity contribution in [1.29, 1.82) is 0 Å². The molecule has 1 aromatic heterocycles. The highest BCUT2D eigenvalue weighted by Gasteiger charge is 2.28. The third-order valence-corrected chi connectivity index (χ3v) is 5.37. The Hall–Kier alpha value is -3.83. The van der Waals surface area contributed by atoms with Crippen LogP contribution in [0.4, 0.5) is 18.0 Å². The van der Waals surface area contributed by atoms with E-state index in [-0.39, 0.29) is 6.61 Å². The van der Waals surface area contributed by atoms with E-state index >= 15 is 0 Å². The zero-order chi connectivity index (χ0) is 26.0. The van der Waals surface area contributed by atoms with Crippen molar-refractivity contribution in [3.8, 4) is 0 Å². The lowest BCUT2D eigenvalue weighted by Crippen LogP contribution is -2.36. The largest absolute Gasteiger partial charge is 0.448 e. The van der Waals surface area contributed by atoms with Gasteiger partial charge in [-0.1, -0.05) is 42.5 Å². The van der Waals surface area contributed by atoms with E-state index in [1.165, 1.54) is 11.6 Å². The standard InChI is InChI=1S/C25H27F3N4O4/c26-25(27,28)17-30-24(34)36-14-13-32(12-11-20-15-29-22-4-2-1-3-21(20)22)16-19-7-5-18(6-8-19)9-10-23(33)31-35/h1-10,15,29,35H,11-14,16-17H2,(H,30,34)(H,31,33). The summed E-state index contributed by atoms with van der Waals surface area (Å²) in [5, 5.41) is 11.4. The van der Waals surface area contributed by atoms with Gasteiger partial charge in [0.15, 0.2) is 0 Å². The van der Waals surface area contributed by atoms with Crippen LogP contribution < -0.4 is 10.8 Å². The SMILES string of the molecule is O=C(C=Cc1ccc(CN(CCOC(=O)NCC(F)(F)F)CCc2c[nH]c3ccccc23)cc1)NO. The number of carbonyl (C=O) groups is 2. The first kappa shape index (κ1) is 26.8. The second-order valence-electron chi connectivity index (χ2n) is 8.04. The van der Waals surface area contributed by atoms with E-state index in [1.807, 2.05) is 59.6 Å². The maximum atomic E-state index is 12.3. The van der Waals surface area contributed by atoms with Crippen molar-refractivity contribution < 1.29 is 32.7 Å². The predicted molar refractivity (Wildman–Crippen MR) is 128 cm³/mol. The van der Waals surface area contributed by atoms with Crippen LogP contribution in [0.15, 0.2) is 60.8 Å². The molecule has 3 aromatic rings. The van der Waals surface area contributed by atoms with Crippen LogP contribution in [0.1, 0.15) is 16.7 Å². The molecule has 0 bridgehead atoms. The molecule has 2 amide bonds. The number of H-pyrrole nitrogens is 1. The van der Waals surface area contributed by atoms with Gasteiger partial charge in [0, 0.05) is 42.8 Å². The molecule has 0 spiro atoms. The summed E-state index contributed by atoms with van der Waals surface area (Å²) in [6.45, 7) is -0.0730. The van der Waals surface area contributed by atoms with Gasteiger partial charge in [-0.3, -0.25) is 14.9 Å². The van der Waals surface area contributed by atoms with E-state index in [0.717, 1.165) is 27.6 Å². The van der Waals surface area contributed by atoms with Crippen LogP contribution in [0, 0.1) is 0 Å². The molecular formula is C25H27F3N4O4. The molecule has 2 aromatic carbocycles. The summed E-state index contributed by atoms with van der Waals surface area (Å²) in [4.78, 5) is 28.0. The normalized spacial score (nSPS) is 11.8. The Morgan fingerprint density at radius 1 is 1.08 bits per heavy atom. The Kier molecular flexibility index (Phi) is 9.48. The van der Waals surface area contributed by atoms with Crippen LogP contribution >= 0.6 is 0 Å². The van der Waals surface area contributed by atoms with E-state index in [9.17, 15) is 22.8 Å². The first-order valence-corrected chi connectivity index (χ1v) is 11.2. The number of hydroxylamine groups is 1. The summed E-state index contributed by atoms with van der Waals surface area (Å²) in [5.41, 5.74) is 5.40. The lowest BCUT2D eigenvalue weighted by Gasteiger charge is -2.22. The van der Waals surface area contributed by atoms with Crippen LogP contribution in [0.5, 0.6) is 0 Å².